The molecule has 0 saturated heterocycles. The van der Waals surface area contributed by atoms with Crippen LogP contribution in [0, 0.1) is 32.6 Å². The van der Waals surface area contributed by atoms with Gasteiger partial charge in [0.1, 0.15) is 0 Å². The van der Waals surface area contributed by atoms with Crippen molar-refractivity contribution in [1.82, 2.24) is 5.32 Å². The molecule has 106 valence electrons. The van der Waals surface area contributed by atoms with Crippen LogP contribution in [0.25, 0.3) is 0 Å². The van der Waals surface area contributed by atoms with E-state index in [0.717, 1.165) is 11.8 Å². The third kappa shape index (κ3) is 3.60. The molecule has 1 aromatic carbocycles. The van der Waals surface area contributed by atoms with E-state index in [1.54, 1.807) is 5.56 Å². The standard InChI is InChI=1S/C18H29N/c1-13-9-14(2)18(15(3)10-13)11-16-7-5-6-8-17(16)12-19-4/h9-10,16-17,19H,5-8,11-12H2,1-4H3. The van der Waals surface area contributed by atoms with Crippen molar-refractivity contribution in [2.75, 3.05) is 13.6 Å². The maximum atomic E-state index is 3.39. The smallest absolute Gasteiger partial charge is 0.00208 e. The fourth-order valence-corrected chi connectivity index (χ4v) is 3.88. The molecular formula is C18H29N. The maximum absolute atomic E-state index is 3.39. The molecule has 2 unspecified atom stereocenters. The molecule has 1 N–H and O–H groups in total. The maximum Gasteiger partial charge on any atom is -0.00208 e. The average molecular weight is 259 g/mol. The van der Waals surface area contributed by atoms with Crippen molar-refractivity contribution in [1.29, 1.82) is 0 Å². The zero-order chi connectivity index (χ0) is 13.8. The molecule has 0 heterocycles. The minimum atomic E-state index is 0.874. The zero-order valence-corrected chi connectivity index (χ0v) is 13.1. The predicted octanol–water partition coefficient (Wildman–Crippen LogP) is 4.18. The average Bonchev–Trinajstić information content (AvgIpc) is 2.36. The minimum absolute atomic E-state index is 0.874. The van der Waals surface area contributed by atoms with E-state index in [1.165, 1.54) is 55.3 Å². The highest BCUT2D eigenvalue weighted by Crippen LogP contribution is 2.33. The van der Waals surface area contributed by atoms with Gasteiger partial charge in [0, 0.05) is 0 Å². The van der Waals surface area contributed by atoms with Gasteiger partial charge < -0.3 is 5.32 Å². The van der Waals surface area contributed by atoms with Gasteiger partial charge in [0.25, 0.3) is 0 Å². The Hall–Kier alpha value is -0.820. The van der Waals surface area contributed by atoms with Crippen LogP contribution >= 0.6 is 0 Å². The molecular weight excluding hydrogens is 230 g/mol. The Bertz CT molecular complexity index is 397. The highest BCUT2D eigenvalue weighted by Gasteiger charge is 2.25. The molecule has 0 spiro atoms. The van der Waals surface area contributed by atoms with Gasteiger partial charge in [-0.1, -0.05) is 30.5 Å². The quantitative estimate of drug-likeness (QED) is 0.855. The van der Waals surface area contributed by atoms with Gasteiger partial charge in [-0.2, -0.15) is 0 Å². The molecule has 1 nitrogen and oxygen atoms in total. The van der Waals surface area contributed by atoms with E-state index in [1.807, 2.05) is 0 Å². The van der Waals surface area contributed by atoms with Crippen molar-refractivity contribution < 1.29 is 0 Å². The molecule has 2 atom stereocenters. The Labute approximate surface area is 118 Å². The number of benzene rings is 1. The Balaban J connectivity index is 2.15. The number of hydrogen-bond donors (Lipinski definition) is 1. The van der Waals surface area contributed by atoms with Crippen LogP contribution in [0.1, 0.15) is 47.9 Å². The molecule has 0 radical (unpaired) electrons. The van der Waals surface area contributed by atoms with Crippen LogP contribution in [-0.4, -0.2) is 13.6 Å². The third-order valence-corrected chi connectivity index (χ3v) is 4.84. The second-order valence-corrected chi connectivity index (χ2v) is 6.44. The van der Waals surface area contributed by atoms with Gasteiger partial charge in [0.15, 0.2) is 0 Å². The van der Waals surface area contributed by atoms with Crippen molar-refractivity contribution in [3.8, 4) is 0 Å². The predicted molar refractivity (Wildman–Crippen MR) is 83.7 cm³/mol. The highest BCUT2D eigenvalue weighted by atomic mass is 14.8. The van der Waals surface area contributed by atoms with Crippen LogP contribution in [-0.2, 0) is 6.42 Å². The second kappa shape index (κ2) is 6.56. The molecule has 1 aliphatic rings. The monoisotopic (exact) mass is 259 g/mol. The van der Waals surface area contributed by atoms with Crippen LogP contribution in [0.4, 0.5) is 0 Å². The lowest BCUT2D eigenvalue weighted by Crippen LogP contribution is -2.30. The molecule has 0 bridgehead atoms. The summed E-state index contributed by atoms with van der Waals surface area (Å²) >= 11 is 0. The van der Waals surface area contributed by atoms with Gasteiger partial charge in [0.2, 0.25) is 0 Å². The van der Waals surface area contributed by atoms with Crippen LogP contribution in [0.15, 0.2) is 12.1 Å². The largest absolute Gasteiger partial charge is 0.319 e. The van der Waals surface area contributed by atoms with Crippen LogP contribution in [0.5, 0.6) is 0 Å². The van der Waals surface area contributed by atoms with Crippen LogP contribution < -0.4 is 5.32 Å². The third-order valence-electron chi connectivity index (χ3n) is 4.84. The Morgan fingerprint density at radius 2 is 1.58 bits per heavy atom. The topological polar surface area (TPSA) is 12.0 Å². The molecule has 0 aliphatic heterocycles. The molecule has 1 saturated carbocycles. The normalized spacial score (nSPS) is 23.6. The van der Waals surface area contributed by atoms with E-state index in [0.29, 0.717) is 0 Å². The first-order chi connectivity index (χ1) is 9.11. The van der Waals surface area contributed by atoms with Crippen molar-refractivity contribution >= 4 is 0 Å². The molecule has 1 heteroatoms. The summed E-state index contributed by atoms with van der Waals surface area (Å²) in [4.78, 5) is 0. The van der Waals surface area contributed by atoms with Crippen molar-refractivity contribution in [3.05, 3.63) is 34.4 Å². The first kappa shape index (κ1) is 14.6. The van der Waals surface area contributed by atoms with Crippen molar-refractivity contribution in [2.24, 2.45) is 11.8 Å². The van der Waals surface area contributed by atoms with Crippen molar-refractivity contribution in [3.63, 3.8) is 0 Å². The number of nitrogens with one attached hydrogen (secondary N) is 1. The zero-order valence-electron chi connectivity index (χ0n) is 13.1. The summed E-state index contributed by atoms with van der Waals surface area (Å²) in [6.45, 7) is 7.96. The van der Waals surface area contributed by atoms with Gasteiger partial charge in [-0.05, 0) is 82.2 Å². The summed E-state index contributed by atoms with van der Waals surface area (Å²) < 4.78 is 0. The van der Waals surface area contributed by atoms with E-state index in [9.17, 15) is 0 Å². The van der Waals surface area contributed by atoms with E-state index in [2.05, 4.69) is 45.3 Å². The fraction of sp³-hybridized carbons (Fsp3) is 0.667. The summed E-state index contributed by atoms with van der Waals surface area (Å²) in [6, 6.07) is 4.69. The Kier molecular flexibility index (Phi) is 5.04. The molecule has 0 amide bonds. The number of aryl methyl sites for hydroxylation is 3. The second-order valence-electron chi connectivity index (χ2n) is 6.44. The van der Waals surface area contributed by atoms with Gasteiger partial charge in [-0.15, -0.1) is 0 Å². The van der Waals surface area contributed by atoms with Gasteiger partial charge in [-0.25, -0.2) is 0 Å². The van der Waals surface area contributed by atoms with Gasteiger partial charge >= 0.3 is 0 Å². The number of hydrogen-bond acceptors (Lipinski definition) is 1. The fourth-order valence-electron chi connectivity index (χ4n) is 3.88. The summed E-state index contributed by atoms with van der Waals surface area (Å²) in [7, 11) is 2.09. The van der Waals surface area contributed by atoms with Gasteiger partial charge in [0.05, 0.1) is 0 Å². The lowest BCUT2D eigenvalue weighted by atomic mass is 9.75. The van der Waals surface area contributed by atoms with E-state index in [4.69, 9.17) is 0 Å². The first-order valence-electron chi connectivity index (χ1n) is 7.83. The lowest BCUT2D eigenvalue weighted by Gasteiger charge is -2.32. The summed E-state index contributed by atoms with van der Waals surface area (Å²) in [6.07, 6.45) is 6.96. The Morgan fingerprint density at radius 1 is 1.00 bits per heavy atom. The van der Waals surface area contributed by atoms with Crippen LogP contribution in [0.2, 0.25) is 0 Å². The lowest BCUT2D eigenvalue weighted by molar-refractivity contribution is 0.232. The highest BCUT2D eigenvalue weighted by molar-refractivity contribution is 5.37. The van der Waals surface area contributed by atoms with Gasteiger partial charge in [-0.3, -0.25) is 0 Å². The molecule has 1 aromatic rings. The van der Waals surface area contributed by atoms with Crippen molar-refractivity contribution in [2.45, 2.75) is 52.9 Å². The summed E-state index contributed by atoms with van der Waals surface area (Å²) in [5.74, 6) is 1.75. The van der Waals surface area contributed by atoms with E-state index >= 15 is 0 Å². The molecule has 19 heavy (non-hydrogen) atoms. The SMILES string of the molecule is CNCC1CCCCC1Cc1c(C)cc(C)cc1C. The number of rotatable bonds is 4. The van der Waals surface area contributed by atoms with E-state index in [-0.39, 0.29) is 0 Å². The molecule has 2 rings (SSSR count). The summed E-state index contributed by atoms with van der Waals surface area (Å²) in [5.41, 5.74) is 5.99. The first-order valence-corrected chi connectivity index (χ1v) is 7.83. The van der Waals surface area contributed by atoms with Crippen LogP contribution in [0.3, 0.4) is 0 Å². The molecule has 0 aromatic heterocycles. The minimum Gasteiger partial charge on any atom is -0.319 e. The van der Waals surface area contributed by atoms with E-state index < -0.39 is 0 Å². The summed E-state index contributed by atoms with van der Waals surface area (Å²) in [5, 5.41) is 3.39. The Morgan fingerprint density at radius 3 is 2.16 bits per heavy atom. The molecule has 1 aliphatic carbocycles. The molecule has 1 fully saturated rings.